The van der Waals surface area contributed by atoms with E-state index in [0.717, 1.165) is 48.7 Å². The van der Waals surface area contributed by atoms with Gasteiger partial charge in [0.2, 0.25) is 0 Å². The number of halogens is 1. The largest absolute Gasteiger partial charge is 0.456 e. The number of benzene rings is 8. The standard InChI is InChI=1S/C27H21NO.C15H15N.C12H7BrO/c1-27(2)21-10-4-6-12-23(21)28(24-13-7-5-11-22(24)27)18-15-16-26-20(17-18)19-9-3-8-14-25(19)29-26;1-15(2)11-7-3-5-9-13(11)16-14-10-6-4-8-12(14)15;13-8-5-6-12-10(7-8)9-3-1-2-4-11(9)14-12/h3-17H,1-2H3;3-10,16H,1-2H3;1-7H. The molecular formula is C54H43BrN2O2. The fraction of sp³-hybridized carbons (Fsp3) is 0.111. The highest BCUT2D eigenvalue weighted by Crippen LogP contribution is 2.52. The van der Waals surface area contributed by atoms with Crippen LogP contribution < -0.4 is 10.2 Å². The smallest absolute Gasteiger partial charge is 0.135 e. The van der Waals surface area contributed by atoms with Crippen molar-refractivity contribution in [3.05, 3.63) is 209 Å². The number of nitrogens with one attached hydrogen (secondary N) is 1. The molecule has 0 saturated heterocycles. The van der Waals surface area contributed by atoms with Gasteiger partial charge >= 0.3 is 0 Å². The maximum absolute atomic E-state index is 6.05. The molecule has 4 heterocycles. The molecule has 2 aliphatic rings. The molecule has 2 aliphatic heterocycles. The summed E-state index contributed by atoms with van der Waals surface area (Å²) in [5.74, 6) is 0. The quantitative estimate of drug-likeness (QED) is 0.179. The van der Waals surface area contributed by atoms with Crippen LogP contribution in [0.5, 0.6) is 0 Å². The van der Waals surface area contributed by atoms with Gasteiger partial charge in [-0.25, -0.2) is 0 Å². The Balaban J connectivity index is 0.000000118. The summed E-state index contributed by atoms with van der Waals surface area (Å²) in [5, 5.41) is 8.13. The fourth-order valence-electron chi connectivity index (χ4n) is 9.06. The summed E-state index contributed by atoms with van der Waals surface area (Å²) in [4.78, 5) is 2.39. The number of fused-ring (bicyclic) bond motifs is 10. The van der Waals surface area contributed by atoms with E-state index >= 15 is 0 Å². The van der Waals surface area contributed by atoms with E-state index < -0.39 is 0 Å². The Kier molecular flexibility index (Phi) is 8.95. The van der Waals surface area contributed by atoms with E-state index in [2.05, 4.69) is 193 Å². The van der Waals surface area contributed by atoms with E-state index in [-0.39, 0.29) is 10.8 Å². The van der Waals surface area contributed by atoms with Gasteiger partial charge in [-0.1, -0.05) is 153 Å². The van der Waals surface area contributed by atoms with Crippen LogP contribution in [0.4, 0.5) is 28.4 Å². The first-order chi connectivity index (χ1) is 28.7. The second-order valence-corrected chi connectivity index (χ2v) is 17.3. The first-order valence-corrected chi connectivity index (χ1v) is 20.9. The third kappa shape index (κ3) is 6.29. The molecule has 0 fully saturated rings. The molecule has 8 aromatic carbocycles. The van der Waals surface area contributed by atoms with Gasteiger partial charge in [-0.15, -0.1) is 0 Å². The zero-order valence-electron chi connectivity index (χ0n) is 33.5. The number of anilines is 5. The average Bonchev–Trinajstić information content (AvgIpc) is 3.82. The number of rotatable bonds is 1. The van der Waals surface area contributed by atoms with Crippen LogP contribution in [0.2, 0.25) is 0 Å². The zero-order chi connectivity index (χ0) is 40.3. The van der Waals surface area contributed by atoms with Crippen molar-refractivity contribution < 1.29 is 8.83 Å². The molecule has 0 spiro atoms. The predicted molar refractivity (Wildman–Crippen MR) is 250 cm³/mol. The minimum atomic E-state index is -0.0455. The van der Waals surface area contributed by atoms with E-state index in [0.29, 0.717) is 0 Å². The van der Waals surface area contributed by atoms with Gasteiger partial charge in [-0.2, -0.15) is 0 Å². The third-order valence-electron chi connectivity index (χ3n) is 12.1. The van der Waals surface area contributed by atoms with Gasteiger partial charge < -0.3 is 19.1 Å². The van der Waals surface area contributed by atoms with Gasteiger partial charge in [0, 0.05) is 53.9 Å². The molecular weight excluding hydrogens is 789 g/mol. The van der Waals surface area contributed by atoms with Crippen molar-refractivity contribution in [2.75, 3.05) is 10.2 Å². The maximum Gasteiger partial charge on any atom is 0.135 e. The summed E-state index contributed by atoms with van der Waals surface area (Å²) in [6, 6.07) is 63.5. The number of furan rings is 2. The summed E-state index contributed by atoms with van der Waals surface area (Å²) in [7, 11) is 0. The van der Waals surface area contributed by atoms with Crippen molar-refractivity contribution >= 4 is 88.2 Å². The number of para-hydroxylation sites is 6. The summed E-state index contributed by atoms with van der Waals surface area (Å²) in [6.07, 6.45) is 0. The van der Waals surface area contributed by atoms with E-state index in [4.69, 9.17) is 8.83 Å². The number of nitrogens with zero attached hydrogens (tertiary/aromatic N) is 1. The first-order valence-electron chi connectivity index (χ1n) is 20.1. The second-order valence-electron chi connectivity index (χ2n) is 16.4. The summed E-state index contributed by atoms with van der Waals surface area (Å²) in [5.41, 5.74) is 15.3. The number of hydrogen-bond donors (Lipinski definition) is 1. The molecule has 0 atom stereocenters. The van der Waals surface area contributed by atoms with E-state index in [1.165, 1.54) is 50.4 Å². The van der Waals surface area contributed by atoms with Crippen molar-refractivity contribution in [2.45, 2.75) is 38.5 Å². The highest BCUT2D eigenvalue weighted by Gasteiger charge is 2.36. The zero-order valence-corrected chi connectivity index (χ0v) is 35.0. The molecule has 10 aromatic rings. The monoisotopic (exact) mass is 830 g/mol. The minimum Gasteiger partial charge on any atom is -0.456 e. The van der Waals surface area contributed by atoms with Gasteiger partial charge in [0.25, 0.3) is 0 Å². The molecule has 0 amide bonds. The van der Waals surface area contributed by atoms with Crippen LogP contribution in [0, 0.1) is 0 Å². The van der Waals surface area contributed by atoms with Crippen molar-refractivity contribution in [3.8, 4) is 0 Å². The molecule has 0 bridgehead atoms. The van der Waals surface area contributed by atoms with Crippen LogP contribution in [0.3, 0.4) is 0 Å². The van der Waals surface area contributed by atoms with Crippen molar-refractivity contribution in [1.82, 2.24) is 0 Å². The Bertz CT molecular complexity index is 3090. The molecule has 0 saturated carbocycles. The minimum absolute atomic E-state index is 0.0455. The second kappa shape index (κ2) is 14.4. The van der Waals surface area contributed by atoms with Crippen LogP contribution >= 0.6 is 15.9 Å². The molecule has 0 aliphatic carbocycles. The molecule has 288 valence electrons. The molecule has 2 aromatic heterocycles. The highest BCUT2D eigenvalue weighted by molar-refractivity contribution is 9.10. The Morgan fingerprint density at radius 2 is 0.814 bits per heavy atom. The van der Waals surface area contributed by atoms with Crippen LogP contribution in [0.25, 0.3) is 43.9 Å². The predicted octanol–water partition coefficient (Wildman–Crippen LogP) is 16.1. The maximum atomic E-state index is 6.05. The van der Waals surface area contributed by atoms with Crippen LogP contribution in [0.1, 0.15) is 49.9 Å². The lowest BCUT2D eigenvalue weighted by molar-refractivity contribution is 0.632. The highest BCUT2D eigenvalue weighted by atomic mass is 79.9. The van der Waals surface area contributed by atoms with Crippen LogP contribution in [0.15, 0.2) is 195 Å². The Morgan fingerprint density at radius 3 is 1.37 bits per heavy atom. The summed E-state index contributed by atoms with van der Waals surface area (Å²) >= 11 is 3.46. The van der Waals surface area contributed by atoms with Crippen molar-refractivity contribution in [1.29, 1.82) is 0 Å². The Hall–Kier alpha value is -6.56. The van der Waals surface area contributed by atoms with Gasteiger partial charge in [0.05, 0.1) is 11.4 Å². The summed E-state index contributed by atoms with van der Waals surface area (Å²) in [6.45, 7) is 9.20. The first kappa shape index (κ1) is 36.8. The SMILES string of the molecule is Brc1ccc2oc3ccccc3c2c1.CC1(C)c2ccccc2N(c2ccc3oc4ccccc4c3c2)c2ccccc21.CC1(C)c2ccccc2Nc2ccccc21. The molecule has 1 N–H and O–H groups in total. The van der Waals surface area contributed by atoms with E-state index in [9.17, 15) is 0 Å². The molecule has 0 unspecified atom stereocenters. The van der Waals surface area contributed by atoms with Gasteiger partial charge in [-0.3, -0.25) is 0 Å². The average molecular weight is 832 g/mol. The molecule has 59 heavy (non-hydrogen) atoms. The van der Waals surface area contributed by atoms with Crippen LogP contribution in [-0.2, 0) is 10.8 Å². The Morgan fingerprint density at radius 1 is 0.407 bits per heavy atom. The molecule has 4 nitrogen and oxygen atoms in total. The van der Waals surface area contributed by atoms with Gasteiger partial charge in [0.15, 0.2) is 0 Å². The molecule has 5 heteroatoms. The van der Waals surface area contributed by atoms with Gasteiger partial charge in [-0.05, 0) is 95.1 Å². The number of hydrogen-bond acceptors (Lipinski definition) is 4. The lowest BCUT2D eigenvalue weighted by atomic mass is 9.73. The van der Waals surface area contributed by atoms with E-state index in [1.54, 1.807) is 0 Å². The fourth-order valence-corrected chi connectivity index (χ4v) is 9.42. The molecule has 0 radical (unpaired) electrons. The van der Waals surface area contributed by atoms with Gasteiger partial charge in [0.1, 0.15) is 22.3 Å². The van der Waals surface area contributed by atoms with Crippen molar-refractivity contribution in [2.24, 2.45) is 0 Å². The third-order valence-corrected chi connectivity index (χ3v) is 12.6. The molecule has 12 rings (SSSR count). The van der Waals surface area contributed by atoms with E-state index in [1.807, 2.05) is 42.5 Å². The topological polar surface area (TPSA) is 41.6 Å². The lowest BCUT2D eigenvalue weighted by Crippen LogP contribution is -2.30. The van der Waals surface area contributed by atoms with Crippen molar-refractivity contribution in [3.63, 3.8) is 0 Å². The summed E-state index contributed by atoms with van der Waals surface area (Å²) < 4.78 is 12.8. The lowest BCUT2D eigenvalue weighted by Gasteiger charge is -2.42. The Labute approximate surface area is 352 Å². The van der Waals surface area contributed by atoms with Crippen LogP contribution in [-0.4, -0.2) is 0 Å². The normalized spacial score (nSPS) is 14.2.